The quantitative estimate of drug-likeness (QED) is 0.800. The van der Waals surface area contributed by atoms with Gasteiger partial charge in [-0.05, 0) is 58.5 Å². The lowest BCUT2D eigenvalue weighted by Gasteiger charge is -2.39. The van der Waals surface area contributed by atoms with Crippen molar-refractivity contribution in [2.75, 3.05) is 26.7 Å². The van der Waals surface area contributed by atoms with Gasteiger partial charge >= 0.3 is 0 Å². The molecule has 0 radical (unpaired) electrons. The molecular weight excluding hydrogens is 208 g/mol. The van der Waals surface area contributed by atoms with Crippen LogP contribution in [0.2, 0.25) is 0 Å². The minimum Gasteiger partial charge on any atom is -0.315 e. The molecule has 94 valence electrons. The van der Waals surface area contributed by atoms with Gasteiger partial charge in [-0.3, -0.25) is 4.90 Å². The molecule has 0 saturated carbocycles. The number of likely N-dealkylation sites (N-methyl/N-ethyl adjacent to an activating group) is 1. The van der Waals surface area contributed by atoms with Crippen LogP contribution in [0.4, 0.5) is 0 Å². The van der Waals surface area contributed by atoms with Gasteiger partial charge in [-0.15, -0.1) is 0 Å². The number of nitrogens with one attached hydrogen (secondary N) is 1. The molecule has 1 heterocycles. The lowest BCUT2D eigenvalue weighted by Crippen LogP contribution is -2.46. The first-order valence-corrected chi connectivity index (χ1v) is 6.54. The van der Waals surface area contributed by atoms with Crippen LogP contribution in [-0.4, -0.2) is 31.6 Å². The number of aryl methyl sites for hydroxylation is 2. The number of nitrogens with zero attached hydrogens (tertiary/aromatic N) is 1. The van der Waals surface area contributed by atoms with Gasteiger partial charge < -0.3 is 5.32 Å². The van der Waals surface area contributed by atoms with Crippen molar-refractivity contribution < 1.29 is 0 Å². The maximum Gasteiger partial charge on any atom is 0.0557 e. The van der Waals surface area contributed by atoms with Crippen LogP contribution in [-0.2, 0) is 5.54 Å². The number of hydrogen-bond acceptors (Lipinski definition) is 2. The maximum atomic E-state index is 3.57. The van der Waals surface area contributed by atoms with Crippen molar-refractivity contribution in [3.8, 4) is 0 Å². The van der Waals surface area contributed by atoms with Gasteiger partial charge in [-0.1, -0.05) is 23.8 Å². The number of benzene rings is 1. The zero-order valence-electron chi connectivity index (χ0n) is 11.5. The summed E-state index contributed by atoms with van der Waals surface area (Å²) >= 11 is 0. The summed E-state index contributed by atoms with van der Waals surface area (Å²) in [5.41, 5.74) is 4.33. The zero-order valence-corrected chi connectivity index (χ0v) is 11.5. The van der Waals surface area contributed by atoms with Gasteiger partial charge in [0.05, 0.1) is 5.54 Å². The maximum absolute atomic E-state index is 3.57. The molecule has 1 unspecified atom stereocenters. The van der Waals surface area contributed by atoms with Crippen molar-refractivity contribution in [2.24, 2.45) is 0 Å². The molecule has 0 bridgehead atoms. The van der Waals surface area contributed by atoms with E-state index in [1.165, 1.54) is 23.1 Å². The fourth-order valence-corrected chi connectivity index (χ4v) is 2.77. The first kappa shape index (κ1) is 12.6. The molecule has 1 N–H and O–H groups in total. The molecule has 2 heteroatoms. The van der Waals surface area contributed by atoms with E-state index in [0.29, 0.717) is 0 Å². The molecule has 1 atom stereocenters. The Bertz CT molecular complexity index is 400. The molecule has 1 aliphatic rings. The van der Waals surface area contributed by atoms with Crippen LogP contribution in [0.15, 0.2) is 18.2 Å². The fourth-order valence-electron chi connectivity index (χ4n) is 2.77. The molecule has 1 aromatic rings. The third kappa shape index (κ3) is 2.38. The van der Waals surface area contributed by atoms with Crippen LogP contribution >= 0.6 is 0 Å². The topological polar surface area (TPSA) is 15.3 Å². The van der Waals surface area contributed by atoms with E-state index in [0.717, 1.165) is 19.6 Å². The average Bonchev–Trinajstić information content (AvgIpc) is 2.46. The Morgan fingerprint density at radius 3 is 2.82 bits per heavy atom. The number of hydrogen-bond donors (Lipinski definition) is 1. The third-order valence-corrected chi connectivity index (χ3v) is 4.13. The second kappa shape index (κ2) is 4.79. The highest BCUT2D eigenvalue weighted by molar-refractivity contribution is 5.36. The highest BCUT2D eigenvalue weighted by atomic mass is 15.2. The molecule has 0 aromatic heterocycles. The lowest BCUT2D eigenvalue weighted by atomic mass is 9.86. The Kier molecular flexibility index (Phi) is 3.55. The molecule has 1 saturated heterocycles. The lowest BCUT2D eigenvalue weighted by molar-refractivity contribution is 0.151. The van der Waals surface area contributed by atoms with Crippen molar-refractivity contribution in [1.82, 2.24) is 10.2 Å². The van der Waals surface area contributed by atoms with E-state index < -0.39 is 0 Å². The van der Waals surface area contributed by atoms with Gasteiger partial charge in [0.15, 0.2) is 0 Å². The zero-order chi connectivity index (χ0) is 12.5. The second-order valence-electron chi connectivity index (χ2n) is 5.54. The molecule has 1 aliphatic heterocycles. The van der Waals surface area contributed by atoms with Crippen molar-refractivity contribution >= 4 is 0 Å². The van der Waals surface area contributed by atoms with Gasteiger partial charge in [0.2, 0.25) is 0 Å². The summed E-state index contributed by atoms with van der Waals surface area (Å²) in [5, 5.41) is 3.57. The summed E-state index contributed by atoms with van der Waals surface area (Å²) in [5.74, 6) is 0. The van der Waals surface area contributed by atoms with E-state index in [-0.39, 0.29) is 5.54 Å². The first-order chi connectivity index (χ1) is 8.04. The molecule has 0 amide bonds. The molecule has 1 fully saturated rings. The monoisotopic (exact) mass is 232 g/mol. The predicted molar refractivity (Wildman–Crippen MR) is 73.4 cm³/mol. The highest BCUT2D eigenvalue weighted by Gasteiger charge is 2.33. The summed E-state index contributed by atoms with van der Waals surface area (Å²) in [6.07, 6.45) is 1.23. The summed E-state index contributed by atoms with van der Waals surface area (Å²) in [6, 6.07) is 6.79. The van der Waals surface area contributed by atoms with Crippen molar-refractivity contribution in [1.29, 1.82) is 0 Å². The first-order valence-electron chi connectivity index (χ1n) is 6.54. The van der Waals surface area contributed by atoms with E-state index in [1.807, 2.05) is 0 Å². The van der Waals surface area contributed by atoms with E-state index >= 15 is 0 Å². The standard InChI is InChI=1S/C15H24N2/c1-12-6-7-13(2)14(10-12)15(3)11-16-8-5-9-17(15)4/h6-7,10,16H,5,8-9,11H2,1-4H3. The Morgan fingerprint density at radius 2 is 2.06 bits per heavy atom. The van der Waals surface area contributed by atoms with Crippen LogP contribution in [0.1, 0.15) is 30.0 Å². The molecule has 0 aliphatic carbocycles. The molecule has 17 heavy (non-hydrogen) atoms. The fraction of sp³-hybridized carbons (Fsp3) is 0.600. The largest absolute Gasteiger partial charge is 0.315 e. The van der Waals surface area contributed by atoms with E-state index in [4.69, 9.17) is 0 Å². The minimum absolute atomic E-state index is 0.118. The van der Waals surface area contributed by atoms with Crippen molar-refractivity contribution in [3.05, 3.63) is 34.9 Å². The molecule has 2 nitrogen and oxygen atoms in total. The van der Waals surface area contributed by atoms with Crippen LogP contribution in [0.3, 0.4) is 0 Å². The summed E-state index contributed by atoms with van der Waals surface area (Å²) in [7, 11) is 2.24. The van der Waals surface area contributed by atoms with E-state index in [9.17, 15) is 0 Å². The predicted octanol–water partition coefficient (Wildman–Crippen LogP) is 2.44. The van der Waals surface area contributed by atoms with Crippen LogP contribution < -0.4 is 5.32 Å². The van der Waals surface area contributed by atoms with Gasteiger partial charge in [-0.2, -0.15) is 0 Å². The smallest absolute Gasteiger partial charge is 0.0557 e. The molecule has 1 aromatic carbocycles. The van der Waals surface area contributed by atoms with E-state index in [1.54, 1.807) is 0 Å². The number of rotatable bonds is 1. The van der Waals surface area contributed by atoms with Crippen LogP contribution in [0.25, 0.3) is 0 Å². The van der Waals surface area contributed by atoms with Gasteiger partial charge in [-0.25, -0.2) is 0 Å². The summed E-state index contributed by atoms with van der Waals surface area (Å²) < 4.78 is 0. The minimum atomic E-state index is 0.118. The summed E-state index contributed by atoms with van der Waals surface area (Å²) in [4.78, 5) is 2.49. The van der Waals surface area contributed by atoms with Crippen LogP contribution in [0, 0.1) is 13.8 Å². The van der Waals surface area contributed by atoms with Gasteiger partial charge in [0.25, 0.3) is 0 Å². The van der Waals surface area contributed by atoms with Crippen molar-refractivity contribution in [3.63, 3.8) is 0 Å². The molecular formula is C15H24N2. The summed E-state index contributed by atoms with van der Waals surface area (Å²) in [6.45, 7) is 10.1. The van der Waals surface area contributed by atoms with E-state index in [2.05, 4.69) is 56.2 Å². The van der Waals surface area contributed by atoms with Gasteiger partial charge in [0.1, 0.15) is 0 Å². The van der Waals surface area contributed by atoms with Gasteiger partial charge in [0, 0.05) is 6.54 Å². The van der Waals surface area contributed by atoms with Crippen molar-refractivity contribution in [2.45, 2.75) is 32.7 Å². The normalized spacial score (nSPS) is 26.8. The highest BCUT2D eigenvalue weighted by Crippen LogP contribution is 2.31. The Hall–Kier alpha value is -0.860. The Balaban J connectivity index is 2.44. The third-order valence-electron chi connectivity index (χ3n) is 4.13. The Morgan fingerprint density at radius 1 is 1.29 bits per heavy atom. The molecule has 2 rings (SSSR count). The van der Waals surface area contributed by atoms with Crippen LogP contribution in [0.5, 0.6) is 0 Å². The Labute approximate surface area is 105 Å². The SMILES string of the molecule is Cc1ccc(C)c(C2(C)CNCCCN2C)c1. The molecule has 0 spiro atoms. The second-order valence-corrected chi connectivity index (χ2v) is 5.54. The average molecular weight is 232 g/mol.